The lowest BCUT2D eigenvalue weighted by Crippen LogP contribution is -2.50. The molecule has 1 aromatic rings. The molecule has 0 radical (unpaired) electrons. The monoisotopic (exact) mass is 329 g/mol. The molecule has 1 fully saturated rings. The van der Waals surface area contributed by atoms with Crippen LogP contribution < -0.4 is 5.32 Å². The molecule has 0 unspecified atom stereocenters. The number of piperazine rings is 1. The topological polar surface area (TPSA) is 69.7 Å². The number of carbonyl (C=O) groups is 3. The maximum Gasteiger partial charge on any atom is 0.253 e. The summed E-state index contributed by atoms with van der Waals surface area (Å²) in [5.41, 5.74) is 1.60. The Morgan fingerprint density at radius 2 is 1.75 bits per heavy atom. The number of nitrogens with one attached hydrogen (secondary N) is 1. The fraction of sp³-hybridized carbons (Fsp3) is 0.500. The van der Waals surface area contributed by atoms with Gasteiger partial charge in [-0.25, -0.2) is 0 Å². The number of hydrogen-bond donors (Lipinski definition) is 1. The molecule has 0 spiro atoms. The molecule has 3 rings (SSSR count). The fourth-order valence-corrected chi connectivity index (χ4v) is 3.27. The van der Waals surface area contributed by atoms with Crippen LogP contribution in [0.3, 0.4) is 0 Å². The average molecular weight is 329 g/mol. The predicted molar refractivity (Wildman–Crippen MR) is 90.9 cm³/mol. The van der Waals surface area contributed by atoms with E-state index in [0.29, 0.717) is 38.2 Å². The second-order valence-corrected chi connectivity index (χ2v) is 6.87. The molecule has 6 heteroatoms. The van der Waals surface area contributed by atoms with E-state index in [1.165, 1.54) is 0 Å². The quantitative estimate of drug-likeness (QED) is 0.896. The van der Waals surface area contributed by atoms with Crippen molar-refractivity contribution >= 4 is 23.4 Å². The van der Waals surface area contributed by atoms with Crippen molar-refractivity contribution in [3.63, 3.8) is 0 Å². The van der Waals surface area contributed by atoms with Gasteiger partial charge in [0, 0.05) is 43.9 Å². The Morgan fingerprint density at radius 1 is 1.12 bits per heavy atom. The van der Waals surface area contributed by atoms with Crippen molar-refractivity contribution in [1.29, 1.82) is 0 Å². The number of hydrogen-bond acceptors (Lipinski definition) is 3. The Hall–Kier alpha value is -2.37. The van der Waals surface area contributed by atoms with Gasteiger partial charge in [-0.2, -0.15) is 0 Å². The summed E-state index contributed by atoms with van der Waals surface area (Å²) >= 11 is 0. The summed E-state index contributed by atoms with van der Waals surface area (Å²) in [5, 5.41) is 2.85. The standard InChI is InChI=1S/C18H23N3O3/c1-4-15(22)20-7-9-21(10-8-20)16(23)12-5-6-14-13(11-12)18(2,3)17(24)19-14/h5-6,11H,4,7-10H2,1-3H3,(H,19,24). The third-order valence-corrected chi connectivity index (χ3v) is 4.98. The van der Waals surface area contributed by atoms with E-state index in [0.717, 1.165) is 11.3 Å². The van der Waals surface area contributed by atoms with Crippen molar-refractivity contribution in [1.82, 2.24) is 9.80 Å². The summed E-state index contributed by atoms with van der Waals surface area (Å²) in [4.78, 5) is 40.1. The fourth-order valence-electron chi connectivity index (χ4n) is 3.27. The first-order chi connectivity index (χ1) is 11.3. The molecule has 2 heterocycles. The van der Waals surface area contributed by atoms with Gasteiger partial charge in [0.2, 0.25) is 11.8 Å². The predicted octanol–water partition coefficient (Wildman–Crippen LogP) is 1.61. The number of nitrogens with zero attached hydrogens (tertiary/aromatic N) is 2. The molecule has 0 saturated carbocycles. The number of carbonyl (C=O) groups excluding carboxylic acids is 3. The minimum Gasteiger partial charge on any atom is -0.339 e. The van der Waals surface area contributed by atoms with Gasteiger partial charge in [0.05, 0.1) is 5.41 Å². The average Bonchev–Trinajstić information content (AvgIpc) is 2.82. The zero-order valence-electron chi connectivity index (χ0n) is 14.4. The minimum atomic E-state index is -0.627. The molecule has 128 valence electrons. The first-order valence-corrected chi connectivity index (χ1v) is 8.37. The number of benzene rings is 1. The Balaban J connectivity index is 1.75. The highest BCUT2D eigenvalue weighted by Gasteiger charge is 2.39. The number of amides is 3. The SMILES string of the molecule is CCC(=O)N1CCN(C(=O)c2ccc3c(c2)C(C)(C)C(=O)N3)CC1. The zero-order chi connectivity index (χ0) is 17.5. The molecule has 0 atom stereocenters. The first-order valence-electron chi connectivity index (χ1n) is 8.37. The van der Waals surface area contributed by atoms with Gasteiger partial charge in [-0.3, -0.25) is 14.4 Å². The number of rotatable bonds is 2. The molecule has 0 bridgehead atoms. The van der Waals surface area contributed by atoms with Crippen molar-refractivity contribution in [2.45, 2.75) is 32.6 Å². The van der Waals surface area contributed by atoms with Gasteiger partial charge in [0.25, 0.3) is 5.91 Å². The molecule has 3 amide bonds. The Morgan fingerprint density at radius 3 is 2.38 bits per heavy atom. The largest absolute Gasteiger partial charge is 0.339 e. The summed E-state index contributed by atoms with van der Waals surface area (Å²) < 4.78 is 0. The molecule has 6 nitrogen and oxygen atoms in total. The van der Waals surface area contributed by atoms with Gasteiger partial charge in [-0.1, -0.05) is 6.92 Å². The maximum atomic E-state index is 12.8. The maximum absolute atomic E-state index is 12.8. The molecule has 0 aromatic heterocycles. The molecular weight excluding hydrogens is 306 g/mol. The highest BCUT2D eigenvalue weighted by Crippen LogP contribution is 2.37. The van der Waals surface area contributed by atoms with Gasteiger partial charge < -0.3 is 15.1 Å². The Bertz CT molecular complexity index is 703. The molecular formula is C18H23N3O3. The van der Waals surface area contributed by atoms with E-state index in [2.05, 4.69) is 5.32 Å². The number of anilines is 1. The Kier molecular flexibility index (Phi) is 4.07. The van der Waals surface area contributed by atoms with Crippen molar-refractivity contribution < 1.29 is 14.4 Å². The van der Waals surface area contributed by atoms with Gasteiger partial charge in [0.15, 0.2) is 0 Å². The van der Waals surface area contributed by atoms with Crippen LogP contribution in [0.25, 0.3) is 0 Å². The lowest BCUT2D eigenvalue weighted by atomic mass is 9.85. The van der Waals surface area contributed by atoms with E-state index >= 15 is 0 Å². The van der Waals surface area contributed by atoms with Gasteiger partial charge >= 0.3 is 0 Å². The Labute approximate surface area is 141 Å². The molecule has 2 aliphatic heterocycles. The van der Waals surface area contributed by atoms with E-state index < -0.39 is 5.41 Å². The van der Waals surface area contributed by atoms with E-state index in [1.807, 2.05) is 26.8 Å². The molecule has 1 saturated heterocycles. The summed E-state index contributed by atoms with van der Waals surface area (Å²) in [6.45, 7) is 7.81. The van der Waals surface area contributed by atoms with Crippen LogP contribution >= 0.6 is 0 Å². The lowest BCUT2D eigenvalue weighted by molar-refractivity contribution is -0.132. The smallest absolute Gasteiger partial charge is 0.253 e. The van der Waals surface area contributed by atoms with E-state index in [1.54, 1.807) is 21.9 Å². The highest BCUT2D eigenvalue weighted by molar-refractivity contribution is 6.07. The summed E-state index contributed by atoms with van der Waals surface area (Å²) in [6.07, 6.45) is 0.495. The van der Waals surface area contributed by atoms with Gasteiger partial charge in [-0.15, -0.1) is 0 Å². The highest BCUT2D eigenvalue weighted by atomic mass is 16.2. The minimum absolute atomic E-state index is 0.0449. The molecule has 1 N–H and O–H groups in total. The van der Waals surface area contributed by atoms with Crippen molar-refractivity contribution in [3.05, 3.63) is 29.3 Å². The van der Waals surface area contributed by atoms with Crippen molar-refractivity contribution in [3.8, 4) is 0 Å². The zero-order valence-corrected chi connectivity index (χ0v) is 14.4. The van der Waals surface area contributed by atoms with Crippen LogP contribution in [0.1, 0.15) is 43.1 Å². The van der Waals surface area contributed by atoms with Crippen LogP contribution in [0.4, 0.5) is 5.69 Å². The molecule has 2 aliphatic rings. The lowest BCUT2D eigenvalue weighted by Gasteiger charge is -2.34. The normalized spacial score (nSPS) is 19.0. The van der Waals surface area contributed by atoms with E-state index in [9.17, 15) is 14.4 Å². The van der Waals surface area contributed by atoms with E-state index in [4.69, 9.17) is 0 Å². The summed E-state index contributed by atoms with van der Waals surface area (Å²) in [6, 6.07) is 5.37. The second kappa shape index (κ2) is 5.92. The van der Waals surface area contributed by atoms with Gasteiger partial charge in [-0.05, 0) is 37.6 Å². The van der Waals surface area contributed by atoms with Crippen LogP contribution in [-0.2, 0) is 15.0 Å². The molecule has 24 heavy (non-hydrogen) atoms. The van der Waals surface area contributed by atoms with Crippen LogP contribution in [-0.4, -0.2) is 53.7 Å². The third kappa shape index (κ3) is 2.66. The van der Waals surface area contributed by atoms with Crippen LogP contribution in [0.5, 0.6) is 0 Å². The van der Waals surface area contributed by atoms with Crippen molar-refractivity contribution in [2.75, 3.05) is 31.5 Å². The first kappa shape index (κ1) is 16.5. The van der Waals surface area contributed by atoms with Crippen LogP contribution in [0.2, 0.25) is 0 Å². The third-order valence-electron chi connectivity index (χ3n) is 4.98. The summed E-state index contributed by atoms with van der Waals surface area (Å²) in [7, 11) is 0. The van der Waals surface area contributed by atoms with Crippen LogP contribution in [0, 0.1) is 0 Å². The van der Waals surface area contributed by atoms with Crippen molar-refractivity contribution in [2.24, 2.45) is 0 Å². The molecule has 0 aliphatic carbocycles. The van der Waals surface area contributed by atoms with E-state index in [-0.39, 0.29) is 17.7 Å². The van der Waals surface area contributed by atoms with Crippen LogP contribution in [0.15, 0.2) is 18.2 Å². The number of fused-ring (bicyclic) bond motifs is 1. The second-order valence-electron chi connectivity index (χ2n) is 6.87. The molecule has 1 aromatic carbocycles. The summed E-state index contributed by atoms with van der Waals surface area (Å²) in [5.74, 6) is 0.0382. The van der Waals surface area contributed by atoms with Gasteiger partial charge in [0.1, 0.15) is 0 Å².